The third-order valence-electron chi connectivity index (χ3n) is 2.95. The minimum absolute atomic E-state index is 0.363. The number of carbonyl (C=O) groups is 1. The van der Waals surface area contributed by atoms with Crippen LogP contribution in [0.1, 0.15) is 11.1 Å². The standard InChI is InChI=1S/C17H18N2O3/c1-3-11-22-17-15(5-4-10-20)13-19(18-17)12-14-6-8-16(21-2)9-7-14/h3-10,13H,1,11-12H2,2H3. The van der Waals surface area contributed by atoms with Gasteiger partial charge in [-0.1, -0.05) is 24.8 Å². The van der Waals surface area contributed by atoms with Crippen molar-refractivity contribution in [3.63, 3.8) is 0 Å². The Morgan fingerprint density at radius 1 is 1.32 bits per heavy atom. The molecule has 0 fully saturated rings. The molecule has 0 aliphatic heterocycles. The van der Waals surface area contributed by atoms with Crippen LogP contribution >= 0.6 is 0 Å². The minimum Gasteiger partial charge on any atom is -0.497 e. The van der Waals surface area contributed by atoms with E-state index in [1.54, 1.807) is 23.9 Å². The van der Waals surface area contributed by atoms with Crippen molar-refractivity contribution in [2.45, 2.75) is 6.54 Å². The third kappa shape index (κ3) is 4.09. The molecule has 2 rings (SSSR count). The Morgan fingerprint density at radius 3 is 2.73 bits per heavy atom. The zero-order valence-corrected chi connectivity index (χ0v) is 12.4. The molecule has 5 heteroatoms. The van der Waals surface area contributed by atoms with Gasteiger partial charge in [0.1, 0.15) is 18.6 Å². The molecule has 1 aromatic heterocycles. The number of carbonyl (C=O) groups excluding carboxylic acids is 1. The summed E-state index contributed by atoms with van der Waals surface area (Å²) in [4.78, 5) is 10.5. The second-order valence-corrected chi connectivity index (χ2v) is 4.53. The number of hydrogen-bond donors (Lipinski definition) is 0. The van der Waals surface area contributed by atoms with Gasteiger partial charge in [0.15, 0.2) is 0 Å². The molecule has 1 aromatic carbocycles. The molecule has 0 unspecified atom stereocenters. The van der Waals surface area contributed by atoms with Gasteiger partial charge in [-0.15, -0.1) is 5.10 Å². The van der Waals surface area contributed by atoms with Gasteiger partial charge in [-0.05, 0) is 29.8 Å². The zero-order chi connectivity index (χ0) is 15.8. The molecule has 0 aliphatic carbocycles. The summed E-state index contributed by atoms with van der Waals surface area (Å²) in [6.07, 6.45) is 7.29. The zero-order valence-electron chi connectivity index (χ0n) is 12.4. The summed E-state index contributed by atoms with van der Waals surface area (Å²) in [6.45, 7) is 4.58. The lowest BCUT2D eigenvalue weighted by molar-refractivity contribution is -0.104. The molecule has 114 valence electrons. The largest absolute Gasteiger partial charge is 0.497 e. The van der Waals surface area contributed by atoms with Gasteiger partial charge >= 0.3 is 0 Å². The Kier molecular flexibility index (Phi) is 5.54. The highest BCUT2D eigenvalue weighted by molar-refractivity contribution is 5.74. The van der Waals surface area contributed by atoms with E-state index in [4.69, 9.17) is 9.47 Å². The van der Waals surface area contributed by atoms with Crippen LogP contribution in [0, 0.1) is 0 Å². The van der Waals surface area contributed by atoms with E-state index in [0.717, 1.165) is 23.2 Å². The Bertz CT molecular complexity index is 657. The Hall–Kier alpha value is -2.82. The lowest BCUT2D eigenvalue weighted by Gasteiger charge is -2.03. The SMILES string of the molecule is C=CCOc1nn(Cc2ccc(OC)cc2)cc1C=CC=O. The fraction of sp³-hybridized carbons (Fsp3) is 0.176. The number of ether oxygens (including phenoxy) is 2. The number of aldehydes is 1. The molecule has 2 aromatic rings. The molecular weight excluding hydrogens is 280 g/mol. The second-order valence-electron chi connectivity index (χ2n) is 4.53. The first-order valence-electron chi connectivity index (χ1n) is 6.82. The van der Waals surface area contributed by atoms with Gasteiger partial charge < -0.3 is 9.47 Å². The fourth-order valence-electron chi connectivity index (χ4n) is 1.93. The van der Waals surface area contributed by atoms with Crippen LogP contribution in [-0.2, 0) is 11.3 Å². The van der Waals surface area contributed by atoms with Gasteiger partial charge in [0.05, 0.1) is 19.2 Å². The summed E-state index contributed by atoms with van der Waals surface area (Å²) in [5.74, 6) is 1.29. The minimum atomic E-state index is 0.363. The van der Waals surface area contributed by atoms with Crippen LogP contribution in [0.5, 0.6) is 11.6 Å². The summed E-state index contributed by atoms with van der Waals surface area (Å²) in [7, 11) is 1.64. The summed E-state index contributed by atoms with van der Waals surface area (Å²) in [6, 6.07) is 7.76. The molecule has 1 heterocycles. The van der Waals surface area contributed by atoms with E-state index >= 15 is 0 Å². The number of allylic oxidation sites excluding steroid dienone is 1. The first-order valence-corrected chi connectivity index (χ1v) is 6.82. The van der Waals surface area contributed by atoms with E-state index in [2.05, 4.69) is 11.7 Å². The van der Waals surface area contributed by atoms with Gasteiger partial charge in [0.2, 0.25) is 5.88 Å². The molecule has 22 heavy (non-hydrogen) atoms. The summed E-state index contributed by atoms with van der Waals surface area (Å²) in [5, 5.41) is 4.39. The first kappa shape index (κ1) is 15.6. The van der Waals surface area contributed by atoms with Crippen LogP contribution in [0.4, 0.5) is 0 Å². The maximum absolute atomic E-state index is 10.5. The highest BCUT2D eigenvalue weighted by Gasteiger charge is 2.08. The highest BCUT2D eigenvalue weighted by Crippen LogP contribution is 2.19. The molecule has 0 amide bonds. The van der Waals surface area contributed by atoms with E-state index in [1.807, 2.05) is 30.5 Å². The molecule has 0 saturated carbocycles. The summed E-state index contributed by atoms with van der Waals surface area (Å²) >= 11 is 0. The molecule has 0 atom stereocenters. The van der Waals surface area contributed by atoms with E-state index in [1.165, 1.54) is 6.08 Å². The first-order chi connectivity index (χ1) is 10.8. The van der Waals surface area contributed by atoms with Gasteiger partial charge in [-0.25, -0.2) is 0 Å². The smallest absolute Gasteiger partial charge is 0.240 e. The van der Waals surface area contributed by atoms with E-state index in [0.29, 0.717) is 19.0 Å². The van der Waals surface area contributed by atoms with Crippen molar-refractivity contribution < 1.29 is 14.3 Å². The average molecular weight is 298 g/mol. The number of benzene rings is 1. The maximum atomic E-state index is 10.5. The lowest BCUT2D eigenvalue weighted by Crippen LogP contribution is -2.01. The van der Waals surface area contributed by atoms with E-state index in [9.17, 15) is 4.79 Å². The lowest BCUT2D eigenvalue weighted by atomic mass is 10.2. The number of methoxy groups -OCH3 is 1. The highest BCUT2D eigenvalue weighted by atomic mass is 16.5. The molecule has 0 bridgehead atoms. The van der Waals surface area contributed by atoms with Gasteiger partial charge in [-0.3, -0.25) is 9.48 Å². The van der Waals surface area contributed by atoms with Crippen LogP contribution in [0.3, 0.4) is 0 Å². The molecular formula is C17H18N2O3. The fourth-order valence-corrected chi connectivity index (χ4v) is 1.93. The number of hydrogen-bond acceptors (Lipinski definition) is 4. The summed E-state index contributed by atoms with van der Waals surface area (Å²) < 4.78 is 12.4. The van der Waals surface area contributed by atoms with Crippen molar-refractivity contribution in [2.24, 2.45) is 0 Å². The van der Waals surface area contributed by atoms with Crippen molar-refractivity contribution >= 4 is 12.4 Å². The van der Waals surface area contributed by atoms with Crippen LogP contribution < -0.4 is 9.47 Å². The van der Waals surface area contributed by atoms with Gasteiger partial charge in [0, 0.05) is 6.20 Å². The van der Waals surface area contributed by atoms with E-state index in [-0.39, 0.29) is 0 Å². The Balaban J connectivity index is 2.18. The van der Waals surface area contributed by atoms with Crippen molar-refractivity contribution in [2.75, 3.05) is 13.7 Å². The second kappa shape index (κ2) is 7.83. The molecule has 0 N–H and O–H groups in total. The summed E-state index contributed by atoms with van der Waals surface area (Å²) in [5.41, 5.74) is 1.84. The quantitative estimate of drug-likeness (QED) is 0.427. The van der Waals surface area contributed by atoms with Crippen molar-refractivity contribution in [3.8, 4) is 11.6 Å². The van der Waals surface area contributed by atoms with Crippen LogP contribution in [0.15, 0.2) is 49.2 Å². The van der Waals surface area contributed by atoms with Gasteiger partial charge in [-0.2, -0.15) is 0 Å². The topological polar surface area (TPSA) is 53.4 Å². The molecule has 0 spiro atoms. The molecule has 5 nitrogen and oxygen atoms in total. The van der Waals surface area contributed by atoms with Crippen LogP contribution in [0.2, 0.25) is 0 Å². The third-order valence-corrected chi connectivity index (χ3v) is 2.95. The van der Waals surface area contributed by atoms with Crippen LogP contribution in [0.25, 0.3) is 6.08 Å². The molecule has 0 radical (unpaired) electrons. The van der Waals surface area contributed by atoms with E-state index < -0.39 is 0 Å². The maximum Gasteiger partial charge on any atom is 0.240 e. The van der Waals surface area contributed by atoms with Gasteiger partial charge in [0.25, 0.3) is 0 Å². The van der Waals surface area contributed by atoms with Crippen molar-refractivity contribution in [1.29, 1.82) is 0 Å². The Labute approximate surface area is 129 Å². The average Bonchev–Trinajstić information content (AvgIpc) is 2.93. The predicted octanol–water partition coefficient (Wildman–Crippen LogP) is 2.72. The predicted molar refractivity (Wildman–Crippen MR) is 85.1 cm³/mol. The monoisotopic (exact) mass is 298 g/mol. The number of nitrogens with zero attached hydrogens (tertiary/aromatic N) is 2. The normalized spacial score (nSPS) is 10.6. The van der Waals surface area contributed by atoms with Crippen LogP contribution in [-0.4, -0.2) is 29.8 Å². The molecule has 0 aliphatic rings. The van der Waals surface area contributed by atoms with Crippen molar-refractivity contribution in [1.82, 2.24) is 9.78 Å². The molecule has 0 saturated heterocycles. The Morgan fingerprint density at radius 2 is 2.09 bits per heavy atom. The van der Waals surface area contributed by atoms with Crippen molar-refractivity contribution in [3.05, 3.63) is 60.3 Å². The number of aromatic nitrogens is 2. The number of rotatable bonds is 8.